The fourth-order valence-corrected chi connectivity index (χ4v) is 2.56. The van der Waals surface area contributed by atoms with Gasteiger partial charge in [-0.1, -0.05) is 12.1 Å². The molecule has 114 valence electrons. The largest absolute Gasteiger partial charge is 0.573 e. The SMILES string of the molecule is CC(C)(O)CNS(=O)(=O)c1ccccc1OC(F)(F)F. The maximum absolute atomic E-state index is 12.2. The van der Waals surface area contributed by atoms with Crippen LogP contribution in [0.3, 0.4) is 0 Å². The molecule has 0 saturated carbocycles. The van der Waals surface area contributed by atoms with Crippen molar-refractivity contribution in [2.24, 2.45) is 0 Å². The zero-order valence-corrected chi connectivity index (χ0v) is 11.5. The minimum Gasteiger partial charge on any atom is -0.404 e. The first-order valence-corrected chi connectivity index (χ1v) is 6.96. The van der Waals surface area contributed by atoms with E-state index in [1.165, 1.54) is 26.0 Å². The molecule has 20 heavy (non-hydrogen) atoms. The number of alkyl halides is 3. The summed E-state index contributed by atoms with van der Waals surface area (Å²) in [6, 6.07) is 4.36. The lowest BCUT2D eigenvalue weighted by Crippen LogP contribution is -2.38. The van der Waals surface area contributed by atoms with Crippen LogP contribution in [0.4, 0.5) is 13.2 Å². The van der Waals surface area contributed by atoms with Gasteiger partial charge in [0.05, 0.1) is 5.60 Å². The summed E-state index contributed by atoms with van der Waals surface area (Å²) in [6.07, 6.45) is -5.00. The molecule has 5 nitrogen and oxygen atoms in total. The first-order chi connectivity index (χ1) is 8.91. The Morgan fingerprint density at radius 3 is 2.30 bits per heavy atom. The summed E-state index contributed by atoms with van der Waals surface area (Å²) >= 11 is 0. The second-order valence-corrected chi connectivity index (χ2v) is 6.37. The van der Waals surface area contributed by atoms with E-state index in [1.807, 2.05) is 4.72 Å². The zero-order valence-electron chi connectivity index (χ0n) is 10.7. The molecule has 0 aliphatic heterocycles. The zero-order chi connectivity index (χ0) is 15.6. The maximum Gasteiger partial charge on any atom is 0.573 e. The second kappa shape index (κ2) is 5.58. The minimum absolute atomic E-state index is 0.352. The Bertz CT molecular complexity index is 564. The minimum atomic E-state index is -5.00. The van der Waals surface area contributed by atoms with E-state index in [4.69, 9.17) is 0 Å². The molecule has 0 amide bonds. The number of para-hydroxylation sites is 1. The van der Waals surface area contributed by atoms with Crippen molar-refractivity contribution in [3.05, 3.63) is 24.3 Å². The first-order valence-electron chi connectivity index (χ1n) is 5.47. The molecular formula is C11H14F3NO4S. The highest BCUT2D eigenvalue weighted by molar-refractivity contribution is 7.89. The van der Waals surface area contributed by atoms with Gasteiger partial charge in [-0.15, -0.1) is 13.2 Å². The predicted molar refractivity (Wildman–Crippen MR) is 64.6 cm³/mol. The molecule has 0 unspecified atom stereocenters. The number of halogens is 3. The topological polar surface area (TPSA) is 75.6 Å². The monoisotopic (exact) mass is 313 g/mol. The van der Waals surface area contributed by atoms with Crippen molar-refractivity contribution in [2.45, 2.75) is 30.7 Å². The van der Waals surface area contributed by atoms with E-state index in [2.05, 4.69) is 4.74 Å². The van der Waals surface area contributed by atoms with E-state index in [0.29, 0.717) is 0 Å². The number of rotatable bonds is 5. The maximum atomic E-state index is 12.2. The van der Waals surface area contributed by atoms with E-state index in [9.17, 15) is 26.7 Å². The molecule has 0 saturated heterocycles. The molecule has 0 bridgehead atoms. The lowest BCUT2D eigenvalue weighted by atomic mass is 10.1. The lowest BCUT2D eigenvalue weighted by Gasteiger charge is -2.19. The Balaban J connectivity index is 3.06. The lowest BCUT2D eigenvalue weighted by molar-refractivity contribution is -0.275. The molecule has 0 aliphatic rings. The first kappa shape index (κ1) is 16.7. The Labute approximate surface area is 114 Å². The van der Waals surface area contributed by atoms with Crippen molar-refractivity contribution < 1.29 is 31.4 Å². The number of sulfonamides is 1. The van der Waals surface area contributed by atoms with E-state index in [0.717, 1.165) is 12.1 Å². The normalized spacial score (nSPS) is 13.3. The molecule has 0 atom stereocenters. The number of hydrogen-bond acceptors (Lipinski definition) is 4. The van der Waals surface area contributed by atoms with Gasteiger partial charge in [0.2, 0.25) is 10.0 Å². The van der Waals surface area contributed by atoms with Crippen LogP contribution in [0.15, 0.2) is 29.2 Å². The molecule has 0 radical (unpaired) electrons. The molecule has 0 spiro atoms. The summed E-state index contributed by atoms with van der Waals surface area (Å²) in [5, 5.41) is 9.45. The number of ether oxygens (including phenoxy) is 1. The fourth-order valence-electron chi connectivity index (χ4n) is 1.23. The molecule has 0 heterocycles. The van der Waals surface area contributed by atoms with Crippen molar-refractivity contribution in [1.29, 1.82) is 0 Å². The average molecular weight is 313 g/mol. The Kier molecular flexibility index (Phi) is 4.67. The van der Waals surface area contributed by atoms with Crippen LogP contribution in [-0.4, -0.2) is 32.0 Å². The van der Waals surface area contributed by atoms with Crippen molar-refractivity contribution in [2.75, 3.05) is 6.54 Å². The van der Waals surface area contributed by atoms with E-state index in [-0.39, 0.29) is 6.54 Å². The van der Waals surface area contributed by atoms with Crippen LogP contribution < -0.4 is 9.46 Å². The quantitative estimate of drug-likeness (QED) is 0.866. The van der Waals surface area contributed by atoms with Gasteiger partial charge in [0.15, 0.2) is 0 Å². The third kappa shape index (κ3) is 5.35. The van der Waals surface area contributed by atoms with E-state index in [1.54, 1.807) is 0 Å². The molecule has 1 aromatic rings. The van der Waals surface area contributed by atoms with Crippen LogP contribution in [0.25, 0.3) is 0 Å². The molecule has 1 aromatic carbocycles. The van der Waals surface area contributed by atoms with Crippen LogP contribution >= 0.6 is 0 Å². The highest BCUT2D eigenvalue weighted by atomic mass is 32.2. The predicted octanol–water partition coefficient (Wildman–Crippen LogP) is 1.63. The number of benzene rings is 1. The van der Waals surface area contributed by atoms with Gasteiger partial charge < -0.3 is 9.84 Å². The summed E-state index contributed by atoms with van der Waals surface area (Å²) in [5.74, 6) is -0.830. The highest BCUT2D eigenvalue weighted by Gasteiger charge is 2.34. The van der Waals surface area contributed by atoms with Crippen molar-refractivity contribution in [1.82, 2.24) is 4.72 Å². The van der Waals surface area contributed by atoms with Crippen molar-refractivity contribution in [3.8, 4) is 5.75 Å². The van der Waals surface area contributed by atoms with Gasteiger partial charge >= 0.3 is 6.36 Å². The van der Waals surface area contributed by atoms with Crippen LogP contribution in [0.5, 0.6) is 5.75 Å². The number of aliphatic hydroxyl groups is 1. The Morgan fingerprint density at radius 2 is 1.80 bits per heavy atom. The van der Waals surface area contributed by atoms with Crippen LogP contribution in [-0.2, 0) is 10.0 Å². The van der Waals surface area contributed by atoms with Crippen LogP contribution in [0, 0.1) is 0 Å². The molecule has 2 N–H and O–H groups in total. The van der Waals surface area contributed by atoms with E-state index < -0.39 is 32.6 Å². The van der Waals surface area contributed by atoms with Gasteiger partial charge in [0, 0.05) is 6.54 Å². The van der Waals surface area contributed by atoms with Gasteiger partial charge in [-0.3, -0.25) is 0 Å². The molecule has 9 heteroatoms. The van der Waals surface area contributed by atoms with Crippen LogP contribution in [0.1, 0.15) is 13.8 Å². The molecule has 0 fully saturated rings. The summed E-state index contributed by atoms with van der Waals surface area (Å²) in [5.41, 5.74) is -1.34. The summed E-state index contributed by atoms with van der Waals surface area (Å²) in [7, 11) is -4.23. The molecule has 1 rings (SSSR count). The Morgan fingerprint density at radius 1 is 1.25 bits per heavy atom. The summed E-state index contributed by atoms with van der Waals surface area (Å²) in [4.78, 5) is -0.651. The number of hydrogen-bond donors (Lipinski definition) is 2. The molecular weight excluding hydrogens is 299 g/mol. The smallest absolute Gasteiger partial charge is 0.404 e. The van der Waals surface area contributed by atoms with Gasteiger partial charge in [-0.25, -0.2) is 13.1 Å². The second-order valence-electron chi connectivity index (χ2n) is 4.63. The van der Waals surface area contributed by atoms with Crippen molar-refractivity contribution >= 4 is 10.0 Å². The average Bonchev–Trinajstić information content (AvgIpc) is 2.24. The highest BCUT2D eigenvalue weighted by Crippen LogP contribution is 2.29. The number of nitrogens with one attached hydrogen (secondary N) is 1. The van der Waals surface area contributed by atoms with Gasteiger partial charge in [-0.2, -0.15) is 0 Å². The molecule has 0 aliphatic carbocycles. The molecule has 0 aromatic heterocycles. The summed E-state index contributed by atoms with van der Waals surface area (Å²) < 4.78 is 66.1. The van der Waals surface area contributed by atoms with Gasteiger partial charge in [-0.05, 0) is 26.0 Å². The summed E-state index contributed by atoms with van der Waals surface area (Å²) in [6.45, 7) is 2.36. The third-order valence-electron chi connectivity index (χ3n) is 2.06. The van der Waals surface area contributed by atoms with Gasteiger partial charge in [0.1, 0.15) is 10.6 Å². The fraction of sp³-hybridized carbons (Fsp3) is 0.455. The third-order valence-corrected chi connectivity index (χ3v) is 3.50. The Hall–Kier alpha value is -1.32. The van der Waals surface area contributed by atoms with Crippen molar-refractivity contribution in [3.63, 3.8) is 0 Å². The van der Waals surface area contributed by atoms with Crippen LogP contribution in [0.2, 0.25) is 0 Å². The standard InChI is InChI=1S/C11H14F3NO4S/c1-10(2,16)7-15-20(17,18)9-6-4-3-5-8(9)19-11(12,13)14/h3-6,15-16H,7H2,1-2H3. The van der Waals surface area contributed by atoms with E-state index >= 15 is 0 Å². The van der Waals surface area contributed by atoms with Gasteiger partial charge in [0.25, 0.3) is 0 Å².